The van der Waals surface area contributed by atoms with E-state index in [9.17, 15) is 29.1 Å². The van der Waals surface area contributed by atoms with Gasteiger partial charge in [0.15, 0.2) is 17.7 Å². The molecule has 17 nitrogen and oxygen atoms in total. The van der Waals surface area contributed by atoms with Crippen LogP contribution in [-0.4, -0.2) is 74.2 Å². The lowest BCUT2D eigenvalue weighted by molar-refractivity contribution is -0.0503. The minimum atomic E-state index is -5.49. The number of anilines is 1. The van der Waals surface area contributed by atoms with Gasteiger partial charge in [0.2, 0.25) is 0 Å². The number of aromatic nitrogens is 4. The topological polar surface area (TPSA) is 262 Å². The molecule has 0 aromatic carbocycles. The minimum absolute atomic E-state index is 0.0574. The Hall–Kier alpha value is -0.940. The lowest BCUT2D eigenvalue weighted by Gasteiger charge is -2.19. The van der Waals surface area contributed by atoms with Crippen molar-refractivity contribution in [2.24, 2.45) is 0 Å². The van der Waals surface area contributed by atoms with E-state index in [1.54, 1.807) is 0 Å². The normalized spacial score (nSPS) is 28.5. The summed E-state index contributed by atoms with van der Waals surface area (Å²) >= 11 is 3.97. The van der Waals surface area contributed by atoms with Crippen LogP contribution < -0.4 is 5.73 Å². The molecule has 3 rings (SSSR count). The molecule has 2 aromatic rings. The third kappa shape index (κ3) is 5.90. The molecular formula is C10H16N5O12P3S. The summed E-state index contributed by atoms with van der Waals surface area (Å²) in [4.78, 5) is 48.2. The molecule has 1 aliphatic rings. The number of phosphoric acid groups is 2. The summed E-state index contributed by atoms with van der Waals surface area (Å²) in [6.07, 6.45) is -3.53. The van der Waals surface area contributed by atoms with Crippen molar-refractivity contribution in [3.05, 3.63) is 12.7 Å². The Kier molecular flexibility index (Phi) is 6.99. The molecule has 0 saturated carbocycles. The van der Waals surface area contributed by atoms with Crippen molar-refractivity contribution in [1.29, 1.82) is 0 Å². The van der Waals surface area contributed by atoms with Crippen LogP contribution in [0, 0.1) is 0 Å². The zero-order valence-electron chi connectivity index (χ0n) is 14.9. The van der Waals surface area contributed by atoms with Gasteiger partial charge in [0, 0.05) is 0 Å². The SMILES string of the molecule is Nc1ncnc2c1ncn2[C@H]1O[C@H](COP(=O)(O)OP(=O)(O)OP(O)(O)=S)[C@@H](O)[C@H]1O. The van der Waals surface area contributed by atoms with Crippen LogP contribution in [0.5, 0.6) is 0 Å². The van der Waals surface area contributed by atoms with Crippen LogP contribution >= 0.6 is 22.4 Å². The number of hydrogen-bond donors (Lipinski definition) is 7. The first-order valence-electron chi connectivity index (χ1n) is 7.92. The third-order valence-electron chi connectivity index (χ3n) is 3.82. The van der Waals surface area contributed by atoms with Gasteiger partial charge in [0.25, 0.3) is 0 Å². The van der Waals surface area contributed by atoms with E-state index in [2.05, 4.69) is 39.9 Å². The van der Waals surface area contributed by atoms with Crippen molar-refractivity contribution in [1.82, 2.24) is 19.5 Å². The molecule has 1 aliphatic heterocycles. The summed E-state index contributed by atoms with van der Waals surface area (Å²) in [5, 5.41) is 20.5. The van der Waals surface area contributed by atoms with E-state index in [-0.39, 0.29) is 17.0 Å². The van der Waals surface area contributed by atoms with Crippen LogP contribution in [0.4, 0.5) is 5.82 Å². The van der Waals surface area contributed by atoms with Crippen molar-refractivity contribution < 1.29 is 56.8 Å². The molecule has 174 valence electrons. The minimum Gasteiger partial charge on any atom is -0.387 e. The molecule has 8 N–H and O–H groups in total. The van der Waals surface area contributed by atoms with Crippen molar-refractivity contribution in [2.45, 2.75) is 24.5 Å². The first-order chi connectivity index (χ1) is 14.2. The Morgan fingerprint density at radius 2 is 1.77 bits per heavy atom. The van der Waals surface area contributed by atoms with E-state index in [4.69, 9.17) is 20.3 Å². The van der Waals surface area contributed by atoms with Gasteiger partial charge in [0.05, 0.1) is 12.9 Å². The van der Waals surface area contributed by atoms with Crippen molar-refractivity contribution >= 4 is 51.2 Å². The molecule has 1 fully saturated rings. The highest BCUT2D eigenvalue weighted by atomic mass is 32.5. The lowest BCUT2D eigenvalue weighted by atomic mass is 10.1. The standard InChI is InChI=1S/C10H16N5O12P3S/c11-8-5-9(13-2-12-8)15(3-14-5)10-7(17)6(16)4(25-10)1-24-28(18,19)26-29(20,21)27-30(22,23)31/h2-4,6-7,10,16-17H,1H2,(H,18,19)(H,20,21)(H2,11,12,13)(H2,22,23,31)/t4-,6-,7-,10+/m1/s1. The molecular weight excluding hydrogens is 507 g/mol. The molecule has 2 unspecified atom stereocenters. The maximum absolute atomic E-state index is 11.9. The lowest BCUT2D eigenvalue weighted by Crippen LogP contribution is -2.33. The average molecular weight is 523 g/mol. The Balaban J connectivity index is 1.69. The van der Waals surface area contributed by atoms with Gasteiger partial charge in [-0.3, -0.25) is 9.09 Å². The highest BCUT2D eigenvalue weighted by Crippen LogP contribution is 2.66. The quantitative estimate of drug-likeness (QED) is 0.194. The molecule has 0 radical (unpaired) electrons. The second kappa shape index (κ2) is 8.78. The number of nitrogen functional groups attached to an aromatic ring is 1. The van der Waals surface area contributed by atoms with Crippen LogP contribution in [-0.2, 0) is 38.8 Å². The second-order valence-electron chi connectivity index (χ2n) is 6.02. The van der Waals surface area contributed by atoms with Gasteiger partial charge < -0.3 is 40.3 Å². The molecule has 21 heteroatoms. The number of aliphatic hydroxyl groups is 2. The first kappa shape index (κ1) is 24.7. The summed E-state index contributed by atoms with van der Waals surface area (Å²) in [7, 11) is -10.8. The largest absolute Gasteiger partial charge is 0.488 e. The van der Waals surface area contributed by atoms with Crippen LogP contribution in [0.3, 0.4) is 0 Å². The van der Waals surface area contributed by atoms with E-state index in [1.165, 1.54) is 10.9 Å². The first-order valence-corrected chi connectivity index (χ1v) is 13.5. The number of ether oxygens (including phenoxy) is 1. The molecule has 0 spiro atoms. The zero-order chi connectivity index (χ0) is 23.2. The molecule has 3 heterocycles. The number of phosphoric ester groups is 1. The maximum Gasteiger partial charge on any atom is 0.488 e. The second-order valence-corrected chi connectivity index (χ2v) is 11.9. The fraction of sp³-hybridized carbons (Fsp3) is 0.500. The third-order valence-corrected chi connectivity index (χ3v) is 8.22. The van der Waals surface area contributed by atoms with Crippen LogP contribution in [0.25, 0.3) is 11.2 Å². The summed E-state index contributed by atoms with van der Waals surface area (Å²) in [6.45, 7) is -5.61. The maximum atomic E-state index is 11.9. The average Bonchev–Trinajstić information content (AvgIpc) is 3.13. The molecule has 6 atom stereocenters. The molecule has 0 amide bonds. The highest BCUT2D eigenvalue weighted by molar-refractivity contribution is 8.08. The Morgan fingerprint density at radius 3 is 2.42 bits per heavy atom. The van der Waals surface area contributed by atoms with Crippen molar-refractivity contribution in [3.8, 4) is 0 Å². The van der Waals surface area contributed by atoms with E-state index >= 15 is 0 Å². The van der Waals surface area contributed by atoms with E-state index < -0.39 is 53.5 Å². The van der Waals surface area contributed by atoms with Gasteiger partial charge in [-0.15, -0.1) is 0 Å². The Morgan fingerprint density at radius 1 is 1.10 bits per heavy atom. The number of aliphatic hydroxyl groups excluding tert-OH is 2. The van der Waals surface area contributed by atoms with Gasteiger partial charge in [-0.25, -0.2) is 28.4 Å². The van der Waals surface area contributed by atoms with E-state index in [1.807, 2.05) is 0 Å². The monoisotopic (exact) mass is 523 g/mol. The summed E-state index contributed by atoms with van der Waals surface area (Å²) < 4.78 is 42.1. The Labute approximate surface area is 177 Å². The fourth-order valence-electron chi connectivity index (χ4n) is 2.62. The zero-order valence-corrected chi connectivity index (χ0v) is 18.4. The number of hydrogen-bond acceptors (Lipinski definition) is 13. The highest BCUT2D eigenvalue weighted by Gasteiger charge is 2.46. The number of fused-ring (bicyclic) bond motifs is 1. The van der Waals surface area contributed by atoms with Crippen LogP contribution in [0.15, 0.2) is 12.7 Å². The van der Waals surface area contributed by atoms with Crippen LogP contribution in [0.2, 0.25) is 0 Å². The predicted octanol–water partition coefficient (Wildman–Crippen LogP) is -1.51. The predicted molar refractivity (Wildman–Crippen MR) is 102 cm³/mol. The molecule has 2 aromatic heterocycles. The van der Waals surface area contributed by atoms with Gasteiger partial charge >= 0.3 is 22.4 Å². The molecule has 0 aliphatic carbocycles. The summed E-state index contributed by atoms with van der Waals surface area (Å²) in [5.74, 6) is 0.0574. The smallest absolute Gasteiger partial charge is 0.387 e. The number of rotatable bonds is 8. The van der Waals surface area contributed by atoms with Crippen LogP contribution in [0.1, 0.15) is 6.23 Å². The van der Waals surface area contributed by atoms with Crippen molar-refractivity contribution in [3.63, 3.8) is 0 Å². The van der Waals surface area contributed by atoms with Gasteiger partial charge in [0.1, 0.15) is 30.2 Å². The van der Waals surface area contributed by atoms with Gasteiger partial charge in [-0.1, -0.05) is 0 Å². The van der Waals surface area contributed by atoms with Gasteiger partial charge in [-0.05, 0) is 11.8 Å². The summed E-state index contributed by atoms with van der Waals surface area (Å²) in [5.41, 5.74) is 6.05. The molecule has 1 saturated heterocycles. The number of nitrogens with two attached hydrogens (primary N) is 1. The molecule has 31 heavy (non-hydrogen) atoms. The Bertz CT molecular complexity index is 1110. The van der Waals surface area contributed by atoms with E-state index in [0.29, 0.717) is 0 Å². The van der Waals surface area contributed by atoms with Crippen molar-refractivity contribution in [2.75, 3.05) is 12.3 Å². The van der Waals surface area contributed by atoms with E-state index in [0.717, 1.165) is 6.33 Å². The number of nitrogens with zero attached hydrogens (tertiary/aromatic N) is 4. The van der Waals surface area contributed by atoms with Gasteiger partial charge in [-0.2, -0.15) is 4.31 Å². The number of imidazole rings is 1. The summed E-state index contributed by atoms with van der Waals surface area (Å²) in [6, 6.07) is 0. The molecule has 0 bridgehead atoms. The fourth-order valence-corrected chi connectivity index (χ4v) is 6.41.